The summed E-state index contributed by atoms with van der Waals surface area (Å²) in [7, 11) is 0. The van der Waals surface area contributed by atoms with E-state index in [1.165, 1.54) is 36.2 Å². The van der Waals surface area contributed by atoms with Crippen LogP contribution in [0.1, 0.15) is 50.1 Å². The summed E-state index contributed by atoms with van der Waals surface area (Å²) in [6, 6.07) is 0.770. The Morgan fingerprint density at radius 1 is 1.41 bits per heavy atom. The van der Waals surface area contributed by atoms with Crippen molar-refractivity contribution in [3.8, 4) is 0 Å². The van der Waals surface area contributed by atoms with Gasteiger partial charge in [0.25, 0.3) is 0 Å². The summed E-state index contributed by atoms with van der Waals surface area (Å²) in [5.41, 5.74) is 3.94. The van der Waals surface area contributed by atoms with E-state index in [1.54, 1.807) is 0 Å². The van der Waals surface area contributed by atoms with Gasteiger partial charge in [-0.2, -0.15) is 5.10 Å². The molecule has 0 saturated heterocycles. The van der Waals surface area contributed by atoms with E-state index in [2.05, 4.69) is 42.8 Å². The van der Waals surface area contributed by atoms with E-state index in [0.717, 1.165) is 19.1 Å². The maximum Gasteiger partial charge on any atom is 0.0641 e. The van der Waals surface area contributed by atoms with E-state index in [4.69, 9.17) is 0 Å². The summed E-state index contributed by atoms with van der Waals surface area (Å²) in [5, 5.41) is 8.25. The SMILES string of the molecule is CCC(C)Cn1nc(C)c(CNC2CC2)c1C. The van der Waals surface area contributed by atoms with Crippen LogP contribution in [0.3, 0.4) is 0 Å². The van der Waals surface area contributed by atoms with E-state index in [0.29, 0.717) is 5.92 Å². The first-order valence-corrected chi connectivity index (χ1v) is 6.88. The second-order valence-electron chi connectivity index (χ2n) is 5.50. The zero-order chi connectivity index (χ0) is 12.4. The fraction of sp³-hybridized carbons (Fsp3) is 0.786. The summed E-state index contributed by atoms with van der Waals surface area (Å²) in [6.07, 6.45) is 3.91. The molecule has 1 atom stereocenters. The van der Waals surface area contributed by atoms with Gasteiger partial charge in [0.15, 0.2) is 0 Å². The molecule has 17 heavy (non-hydrogen) atoms. The van der Waals surface area contributed by atoms with Crippen LogP contribution in [0.4, 0.5) is 0 Å². The largest absolute Gasteiger partial charge is 0.310 e. The molecule has 1 aromatic rings. The molecule has 2 rings (SSSR count). The van der Waals surface area contributed by atoms with Crippen LogP contribution in [0.15, 0.2) is 0 Å². The highest BCUT2D eigenvalue weighted by atomic mass is 15.3. The molecule has 1 N–H and O–H groups in total. The Hall–Kier alpha value is -0.830. The Balaban J connectivity index is 2.04. The number of nitrogens with one attached hydrogen (secondary N) is 1. The molecule has 96 valence electrons. The molecule has 0 amide bonds. The minimum atomic E-state index is 0.706. The first kappa shape index (κ1) is 12.6. The van der Waals surface area contributed by atoms with Gasteiger partial charge >= 0.3 is 0 Å². The maximum atomic E-state index is 4.67. The highest BCUT2D eigenvalue weighted by molar-refractivity contribution is 5.24. The highest BCUT2D eigenvalue weighted by Gasteiger charge is 2.21. The van der Waals surface area contributed by atoms with Crippen molar-refractivity contribution in [2.45, 2.75) is 66.1 Å². The Morgan fingerprint density at radius 2 is 2.12 bits per heavy atom. The topological polar surface area (TPSA) is 29.9 Å². The van der Waals surface area contributed by atoms with Crippen LogP contribution in [0.25, 0.3) is 0 Å². The van der Waals surface area contributed by atoms with Crippen molar-refractivity contribution >= 4 is 0 Å². The van der Waals surface area contributed by atoms with Crippen LogP contribution in [0.5, 0.6) is 0 Å². The van der Waals surface area contributed by atoms with Gasteiger partial charge in [0.1, 0.15) is 0 Å². The molecule has 1 unspecified atom stereocenters. The first-order valence-electron chi connectivity index (χ1n) is 6.88. The molecule has 1 fully saturated rings. The molecule has 1 aromatic heterocycles. The number of hydrogen-bond acceptors (Lipinski definition) is 2. The summed E-state index contributed by atoms with van der Waals surface area (Å²) in [6.45, 7) is 10.9. The van der Waals surface area contributed by atoms with Gasteiger partial charge in [0.2, 0.25) is 0 Å². The second-order valence-corrected chi connectivity index (χ2v) is 5.50. The third-order valence-corrected chi connectivity index (χ3v) is 3.86. The molecule has 1 aliphatic rings. The van der Waals surface area contributed by atoms with Crippen molar-refractivity contribution in [1.29, 1.82) is 0 Å². The zero-order valence-electron chi connectivity index (χ0n) is 11.6. The van der Waals surface area contributed by atoms with Crippen LogP contribution in [-0.2, 0) is 13.1 Å². The molecule has 0 radical (unpaired) electrons. The summed E-state index contributed by atoms with van der Waals surface area (Å²) >= 11 is 0. The quantitative estimate of drug-likeness (QED) is 0.821. The van der Waals surface area contributed by atoms with Gasteiger partial charge in [-0.25, -0.2) is 0 Å². The van der Waals surface area contributed by atoms with Gasteiger partial charge in [-0.15, -0.1) is 0 Å². The van der Waals surface area contributed by atoms with Crippen molar-refractivity contribution in [2.75, 3.05) is 0 Å². The van der Waals surface area contributed by atoms with Crippen LogP contribution in [0, 0.1) is 19.8 Å². The van der Waals surface area contributed by atoms with Crippen LogP contribution >= 0.6 is 0 Å². The number of hydrogen-bond donors (Lipinski definition) is 1. The molecular formula is C14H25N3. The van der Waals surface area contributed by atoms with Gasteiger partial charge in [-0.05, 0) is 32.6 Å². The number of aryl methyl sites for hydroxylation is 1. The van der Waals surface area contributed by atoms with Crippen LogP contribution in [-0.4, -0.2) is 15.8 Å². The Kier molecular flexibility index (Phi) is 3.87. The van der Waals surface area contributed by atoms with E-state index in [1.807, 2.05) is 0 Å². The van der Waals surface area contributed by atoms with Gasteiger partial charge in [-0.3, -0.25) is 4.68 Å². The van der Waals surface area contributed by atoms with Gasteiger partial charge in [0, 0.05) is 30.4 Å². The molecule has 1 heterocycles. The van der Waals surface area contributed by atoms with E-state index in [9.17, 15) is 0 Å². The number of rotatable bonds is 6. The van der Waals surface area contributed by atoms with Crippen molar-refractivity contribution in [3.05, 3.63) is 17.0 Å². The van der Waals surface area contributed by atoms with Crippen molar-refractivity contribution in [2.24, 2.45) is 5.92 Å². The maximum absolute atomic E-state index is 4.67. The molecule has 3 nitrogen and oxygen atoms in total. The fourth-order valence-electron chi connectivity index (χ4n) is 2.13. The Labute approximate surface area is 105 Å². The molecule has 0 bridgehead atoms. The lowest BCUT2D eigenvalue weighted by molar-refractivity contribution is 0.431. The molecule has 1 aliphatic carbocycles. The number of aromatic nitrogens is 2. The lowest BCUT2D eigenvalue weighted by Gasteiger charge is -2.10. The van der Waals surface area contributed by atoms with Gasteiger partial charge in [0.05, 0.1) is 5.69 Å². The second kappa shape index (κ2) is 5.21. The average molecular weight is 235 g/mol. The predicted molar refractivity (Wildman–Crippen MR) is 71.0 cm³/mol. The standard InChI is InChI=1S/C14H25N3/c1-5-10(2)9-17-12(4)14(11(3)16-17)8-15-13-6-7-13/h10,13,15H,5-9H2,1-4H3. The zero-order valence-corrected chi connectivity index (χ0v) is 11.6. The smallest absolute Gasteiger partial charge is 0.0641 e. The van der Waals surface area contributed by atoms with Crippen LogP contribution < -0.4 is 5.32 Å². The van der Waals surface area contributed by atoms with Crippen molar-refractivity contribution < 1.29 is 0 Å². The lowest BCUT2D eigenvalue weighted by Crippen LogP contribution is -2.16. The van der Waals surface area contributed by atoms with Crippen molar-refractivity contribution in [3.63, 3.8) is 0 Å². The molecule has 1 saturated carbocycles. The van der Waals surface area contributed by atoms with Crippen LogP contribution in [0.2, 0.25) is 0 Å². The van der Waals surface area contributed by atoms with E-state index < -0.39 is 0 Å². The Bertz CT molecular complexity index is 377. The average Bonchev–Trinajstić information content (AvgIpc) is 3.07. The molecule has 3 heteroatoms. The van der Waals surface area contributed by atoms with Crippen molar-refractivity contribution in [1.82, 2.24) is 15.1 Å². The Morgan fingerprint density at radius 3 is 2.71 bits per heavy atom. The van der Waals surface area contributed by atoms with E-state index in [-0.39, 0.29) is 0 Å². The summed E-state index contributed by atoms with van der Waals surface area (Å²) in [4.78, 5) is 0. The third-order valence-electron chi connectivity index (χ3n) is 3.86. The summed E-state index contributed by atoms with van der Waals surface area (Å²) < 4.78 is 2.19. The highest BCUT2D eigenvalue weighted by Crippen LogP contribution is 2.21. The summed E-state index contributed by atoms with van der Waals surface area (Å²) in [5.74, 6) is 0.706. The van der Waals surface area contributed by atoms with Gasteiger partial charge < -0.3 is 5.32 Å². The first-order chi connectivity index (χ1) is 8.11. The minimum Gasteiger partial charge on any atom is -0.310 e. The van der Waals surface area contributed by atoms with E-state index >= 15 is 0 Å². The molecule has 0 aromatic carbocycles. The minimum absolute atomic E-state index is 0.706. The monoisotopic (exact) mass is 235 g/mol. The lowest BCUT2D eigenvalue weighted by atomic mass is 10.1. The molecular weight excluding hydrogens is 210 g/mol. The van der Waals surface area contributed by atoms with Gasteiger partial charge in [-0.1, -0.05) is 20.3 Å². The fourth-order valence-corrected chi connectivity index (χ4v) is 2.13. The molecule has 0 aliphatic heterocycles. The normalized spacial score (nSPS) is 17.4. The third kappa shape index (κ3) is 3.09. The predicted octanol–water partition coefficient (Wildman–Crippen LogP) is 2.80. The number of nitrogens with zero attached hydrogens (tertiary/aromatic N) is 2. The molecule has 0 spiro atoms.